The first kappa shape index (κ1) is 7.03. The molecule has 0 bridgehead atoms. The summed E-state index contributed by atoms with van der Waals surface area (Å²) in [7, 11) is 0. The molecule has 0 aliphatic carbocycles. The lowest BCUT2D eigenvalue weighted by Crippen LogP contribution is -2.20. The molecule has 1 heterocycles. The summed E-state index contributed by atoms with van der Waals surface area (Å²) < 4.78 is 0. The number of hydrogen-bond donors (Lipinski definition) is 1. The van der Waals surface area contributed by atoms with E-state index < -0.39 is 0 Å². The van der Waals surface area contributed by atoms with Crippen LogP contribution in [0.4, 0.5) is 0 Å². The zero-order chi connectivity index (χ0) is 7.40. The number of carbonyl (C=O) groups excluding carboxylic acids is 2. The minimum atomic E-state index is 0.175. The average molecular weight is 139 g/mol. The number of rotatable bonds is 2. The van der Waals surface area contributed by atoms with E-state index in [2.05, 4.69) is 5.32 Å². The second-order valence-corrected chi connectivity index (χ2v) is 2.36. The molecule has 1 aliphatic heterocycles. The SMILES string of the molecule is O=C=C1CCC(CC=O)N1. The van der Waals surface area contributed by atoms with Gasteiger partial charge in [-0.15, -0.1) is 0 Å². The van der Waals surface area contributed by atoms with E-state index in [-0.39, 0.29) is 6.04 Å². The topological polar surface area (TPSA) is 46.2 Å². The van der Waals surface area contributed by atoms with E-state index in [4.69, 9.17) is 0 Å². The standard InChI is InChI=1S/C7H9NO2/c9-4-3-6-1-2-7(5-10)8-6/h4,6,8H,1-3H2. The summed E-state index contributed by atoms with van der Waals surface area (Å²) in [6.45, 7) is 0. The van der Waals surface area contributed by atoms with Crippen LogP contribution in [0, 0.1) is 0 Å². The fourth-order valence-electron chi connectivity index (χ4n) is 1.08. The van der Waals surface area contributed by atoms with Crippen molar-refractivity contribution in [3.8, 4) is 0 Å². The van der Waals surface area contributed by atoms with Crippen LogP contribution in [0.5, 0.6) is 0 Å². The Bertz CT molecular complexity index is 182. The van der Waals surface area contributed by atoms with E-state index in [0.29, 0.717) is 12.1 Å². The first-order chi connectivity index (χ1) is 4.86. The van der Waals surface area contributed by atoms with Crippen molar-refractivity contribution in [2.75, 3.05) is 0 Å². The third-order valence-electron chi connectivity index (χ3n) is 1.63. The summed E-state index contributed by atoms with van der Waals surface area (Å²) >= 11 is 0. The predicted octanol–water partition coefficient (Wildman–Crippen LogP) is 0.0429. The molecule has 0 saturated carbocycles. The molecule has 10 heavy (non-hydrogen) atoms. The van der Waals surface area contributed by atoms with Crippen LogP contribution in [0.2, 0.25) is 0 Å². The third kappa shape index (κ3) is 1.45. The van der Waals surface area contributed by atoms with Crippen LogP contribution >= 0.6 is 0 Å². The summed E-state index contributed by atoms with van der Waals surface area (Å²) in [5, 5.41) is 2.90. The van der Waals surface area contributed by atoms with Gasteiger partial charge in [0.25, 0.3) is 0 Å². The number of aldehydes is 1. The fourth-order valence-corrected chi connectivity index (χ4v) is 1.08. The quantitative estimate of drug-likeness (QED) is 0.434. The van der Waals surface area contributed by atoms with Crippen LogP contribution in [0.1, 0.15) is 19.3 Å². The van der Waals surface area contributed by atoms with Gasteiger partial charge in [-0.25, -0.2) is 4.79 Å². The molecule has 1 rings (SSSR count). The molecule has 3 heteroatoms. The Morgan fingerprint density at radius 1 is 1.80 bits per heavy atom. The molecule has 54 valence electrons. The van der Waals surface area contributed by atoms with Crippen LogP contribution < -0.4 is 5.32 Å². The lowest BCUT2D eigenvalue weighted by molar-refractivity contribution is -0.108. The number of hydrogen-bond acceptors (Lipinski definition) is 3. The Balaban J connectivity index is 2.42. The minimum absolute atomic E-state index is 0.175. The molecule has 0 radical (unpaired) electrons. The Kier molecular flexibility index (Phi) is 2.24. The van der Waals surface area contributed by atoms with Crippen molar-refractivity contribution in [3.05, 3.63) is 5.70 Å². The summed E-state index contributed by atoms with van der Waals surface area (Å²) in [4.78, 5) is 20.1. The molecule has 1 fully saturated rings. The van der Waals surface area contributed by atoms with Crippen LogP contribution in [-0.4, -0.2) is 18.3 Å². The van der Waals surface area contributed by atoms with Gasteiger partial charge in [0.05, 0.1) is 5.70 Å². The Morgan fingerprint density at radius 3 is 3.10 bits per heavy atom. The monoisotopic (exact) mass is 139 g/mol. The molecular weight excluding hydrogens is 130 g/mol. The lowest BCUT2D eigenvalue weighted by atomic mass is 10.2. The zero-order valence-corrected chi connectivity index (χ0v) is 5.59. The van der Waals surface area contributed by atoms with E-state index in [1.54, 1.807) is 5.94 Å². The molecule has 3 nitrogen and oxygen atoms in total. The van der Waals surface area contributed by atoms with Crippen molar-refractivity contribution in [1.29, 1.82) is 0 Å². The van der Waals surface area contributed by atoms with Gasteiger partial charge in [-0.3, -0.25) is 0 Å². The van der Waals surface area contributed by atoms with Crippen molar-refractivity contribution >= 4 is 12.2 Å². The highest BCUT2D eigenvalue weighted by atomic mass is 16.1. The summed E-state index contributed by atoms with van der Waals surface area (Å²) in [5.41, 5.74) is 0.604. The average Bonchev–Trinajstić information content (AvgIpc) is 2.37. The third-order valence-corrected chi connectivity index (χ3v) is 1.63. The molecule has 1 unspecified atom stereocenters. The highest BCUT2D eigenvalue weighted by Gasteiger charge is 2.17. The highest BCUT2D eigenvalue weighted by molar-refractivity contribution is 5.55. The van der Waals surface area contributed by atoms with E-state index in [1.165, 1.54) is 0 Å². The molecule has 1 aliphatic rings. The lowest BCUT2D eigenvalue weighted by Gasteiger charge is -2.03. The summed E-state index contributed by atoms with van der Waals surface area (Å²) in [5.74, 6) is 1.79. The second-order valence-electron chi connectivity index (χ2n) is 2.36. The van der Waals surface area contributed by atoms with E-state index in [1.807, 2.05) is 0 Å². The van der Waals surface area contributed by atoms with Crippen molar-refractivity contribution in [1.82, 2.24) is 5.32 Å². The van der Waals surface area contributed by atoms with Crippen LogP contribution in [0.25, 0.3) is 0 Å². The van der Waals surface area contributed by atoms with Crippen LogP contribution in [-0.2, 0) is 9.59 Å². The van der Waals surface area contributed by atoms with Crippen LogP contribution in [0.3, 0.4) is 0 Å². The van der Waals surface area contributed by atoms with Crippen molar-refractivity contribution in [2.24, 2.45) is 0 Å². The Hall–Kier alpha value is -1.08. The van der Waals surface area contributed by atoms with Gasteiger partial charge < -0.3 is 10.1 Å². The second kappa shape index (κ2) is 3.18. The van der Waals surface area contributed by atoms with Gasteiger partial charge in [-0.05, 0) is 12.8 Å². The minimum Gasteiger partial charge on any atom is -0.376 e. The number of nitrogens with one attached hydrogen (secondary N) is 1. The zero-order valence-electron chi connectivity index (χ0n) is 5.59. The van der Waals surface area contributed by atoms with E-state index in [0.717, 1.165) is 19.1 Å². The molecule has 0 spiro atoms. The Labute approximate surface area is 59.1 Å². The van der Waals surface area contributed by atoms with Crippen LogP contribution in [0.15, 0.2) is 5.70 Å². The van der Waals surface area contributed by atoms with Gasteiger partial charge in [0.15, 0.2) is 0 Å². The first-order valence-electron chi connectivity index (χ1n) is 3.31. The van der Waals surface area contributed by atoms with Gasteiger partial charge in [0, 0.05) is 12.5 Å². The molecule has 1 saturated heterocycles. The van der Waals surface area contributed by atoms with Gasteiger partial charge in [0.1, 0.15) is 12.2 Å². The smallest absolute Gasteiger partial charge is 0.145 e. The van der Waals surface area contributed by atoms with Gasteiger partial charge >= 0.3 is 0 Å². The molecule has 0 aromatic rings. The number of carbonyl (C=O) groups is 1. The molecule has 1 atom stereocenters. The fraction of sp³-hybridized carbons (Fsp3) is 0.571. The summed E-state index contributed by atoms with van der Waals surface area (Å²) in [6.07, 6.45) is 2.97. The Morgan fingerprint density at radius 2 is 2.60 bits per heavy atom. The normalized spacial score (nSPS) is 23.6. The maximum absolute atomic E-state index is 10.0. The molecular formula is C7H9NO2. The van der Waals surface area contributed by atoms with Crippen molar-refractivity contribution < 1.29 is 9.59 Å². The van der Waals surface area contributed by atoms with Crippen molar-refractivity contribution in [3.63, 3.8) is 0 Å². The summed E-state index contributed by atoms with van der Waals surface area (Å²) in [6, 6.07) is 0.175. The highest BCUT2D eigenvalue weighted by Crippen LogP contribution is 2.14. The molecule has 0 aromatic heterocycles. The van der Waals surface area contributed by atoms with Gasteiger partial charge in [0.2, 0.25) is 0 Å². The molecule has 1 N–H and O–H groups in total. The largest absolute Gasteiger partial charge is 0.376 e. The van der Waals surface area contributed by atoms with Gasteiger partial charge in [-0.2, -0.15) is 0 Å². The first-order valence-corrected chi connectivity index (χ1v) is 3.31. The van der Waals surface area contributed by atoms with Crippen molar-refractivity contribution in [2.45, 2.75) is 25.3 Å². The van der Waals surface area contributed by atoms with E-state index >= 15 is 0 Å². The van der Waals surface area contributed by atoms with Gasteiger partial charge in [-0.1, -0.05) is 0 Å². The molecule has 0 aromatic carbocycles. The maximum atomic E-state index is 10.0. The van der Waals surface area contributed by atoms with E-state index in [9.17, 15) is 9.59 Å². The maximum Gasteiger partial charge on any atom is 0.145 e. The molecule has 0 amide bonds. The number of allylic oxidation sites excluding steroid dienone is 1. The predicted molar refractivity (Wildman–Crippen MR) is 36.0 cm³/mol.